The van der Waals surface area contributed by atoms with Gasteiger partial charge in [-0.05, 0) is 30.3 Å². The van der Waals surface area contributed by atoms with Crippen molar-refractivity contribution in [3.63, 3.8) is 0 Å². The lowest BCUT2D eigenvalue weighted by Crippen LogP contribution is -2.38. The van der Waals surface area contributed by atoms with E-state index >= 15 is 0 Å². The van der Waals surface area contributed by atoms with Crippen LogP contribution in [-0.2, 0) is 14.6 Å². The quantitative estimate of drug-likeness (QED) is 0.726. The lowest BCUT2D eigenvalue weighted by atomic mass is 10.2. The Balaban J connectivity index is 1.78. The minimum atomic E-state index is -3.47. The molecular weight excluding hydrogens is 399 g/mol. The standard InChI is InChI=1S/C17H16Cl2N2O4S/c18-14-7-6-12(10-15(14)19)17(23)21-11-16(22)20-8-9-26(24,25)13-4-2-1-3-5-13/h1-7,10H,8-9,11H2,(H,20,22)(H,21,23). The number of amides is 2. The minimum Gasteiger partial charge on any atom is -0.354 e. The van der Waals surface area contributed by atoms with E-state index in [1.165, 1.54) is 30.3 Å². The largest absolute Gasteiger partial charge is 0.354 e. The molecule has 0 aromatic heterocycles. The lowest BCUT2D eigenvalue weighted by Gasteiger charge is -2.08. The maximum Gasteiger partial charge on any atom is 0.251 e. The van der Waals surface area contributed by atoms with E-state index in [4.69, 9.17) is 23.2 Å². The molecule has 0 aliphatic rings. The molecule has 6 nitrogen and oxygen atoms in total. The van der Waals surface area contributed by atoms with Crippen LogP contribution in [-0.4, -0.2) is 39.1 Å². The van der Waals surface area contributed by atoms with E-state index in [1.54, 1.807) is 18.2 Å². The molecule has 2 aromatic rings. The molecule has 0 unspecified atom stereocenters. The average Bonchev–Trinajstić information content (AvgIpc) is 2.62. The highest BCUT2D eigenvalue weighted by atomic mass is 35.5. The van der Waals surface area contributed by atoms with Crippen LogP contribution in [0.25, 0.3) is 0 Å². The highest BCUT2D eigenvalue weighted by molar-refractivity contribution is 7.91. The first-order valence-corrected chi connectivity index (χ1v) is 9.98. The van der Waals surface area contributed by atoms with Crippen LogP contribution in [0.2, 0.25) is 10.0 Å². The Labute approximate surface area is 161 Å². The fraction of sp³-hybridized carbons (Fsp3) is 0.176. The second-order valence-electron chi connectivity index (χ2n) is 5.29. The Kier molecular flexibility index (Phi) is 7.02. The first kappa shape index (κ1) is 20.2. The highest BCUT2D eigenvalue weighted by Crippen LogP contribution is 2.22. The van der Waals surface area contributed by atoms with Crippen LogP contribution in [0.4, 0.5) is 0 Å². The zero-order valence-corrected chi connectivity index (χ0v) is 15.9. The molecule has 2 aromatic carbocycles. The summed E-state index contributed by atoms with van der Waals surface area (Å²) in [5, 5.41) is 5.43. The van der Waals surface area contributed by atoms with Crippen LogP contribution < -0.4 is 10.6 Å². The van der Waals surface area contributed by atoms with Crippen LogP contribution in [0.1, 0.15) is 10.4 Å². The van der Waals surface area contributed by atoms with Crippen molar-refractivity contribution in [1.29, 1.82) is 0 Å². The molecule has 0 bridgehead atoms. The number of rotatable bonds is 7. The van der Waals surface area contributed by atoms with E-state index < -0.39 is 21.7 Å². The molecule has 0 saturated carbocycles. The van der Waals surface area contributed by atoms with Crippen LogP contribution in [0.15, 0.2) is 53.4 Å². The first-order valence-electron chi connectivity index (χ1n) is 7.57. The Morgan fingerprint density at radius 3 is 2.27 bits per heavy atom. The number of benzene rings is 2. The SMILES string of the molecule is O=C(CNC(=O)c1ccc(Cl)c(Cl)c1)NCCS(=O)(=O)c1ccccc1. The maximum atomic E-state index is 12.1. The summed E-state index contributed by atoms with van der Waals surface area (Å²) in [6.45, 7) is -0.344. The monoisotopic (exact) mass is 414 g/mol. The normalized spacial score (nSPS) is 11.0. The summed E-state index contributed by atoms with van der Waals surface area (Å²) in [6.07, 6.45) is 0. The zero-order chi connectivity index (χ0) is 19.2. The molecule has 138 valence electrons. The molecular formula is C17H16Cl2N2O4S. The van der Waals surface area contributed by atoms with Gasteiger partial charge in [0.2, 0.25) is 5.91 Å². The van der Waals surface area contributed by atoms with Crippen molar-refractivity contribution in [1.82, 2.24) is 10.6 Å². The molecule has 26 heavy (non-hydrogen) atoms. The molecule has 0 aliphatic heterocycles. The summed E-state index contributed by atoms with van der Waals surface area (Å²) >= 11 is 11.6. The van der Waals surface area contributed by atoms with Crippen molar-refractivity contribution in [2.45, 2.75) is 4.90 Å². The molecule has 2 N–H and O–H groups in total. The smallest absolute Gasteiger partial charge is 0.251 e. The summed E-state index contributed by atoms with van der Waals surface area (Å²) in [5.41, 5.74) is 0.263. The van der Waals surface area contributed by atoms with E-state index in [1.807, 2.05) is 0 Å². The summed E-state index contributed by atoms with van der Waals surface area (Å²) in [4.78, 5) is 23.9. The third kappa shape index (κ3) is 5.72. The summed E-state index contributed by atoms with van der Waals surface area (Å²) in [6, 6.07) is 12.3. The number of sulfone groups is 1. The Morgan fingerprint density at radius 2 is 1.62 bits per heavy atom. The Hall–Kier alpha value is -2.09. The molecule has 0 radical (unpaired) electrons. The Morgan fingerprint density at radius 1 is 0.923 bits per heavy atom. The summed E-state index contributed by atoms with van der Waals surface area (Å²) in [7, 11) is -3.47. The summed E-state index contributed by atoms with van der Waals surface area (Å²) in [5.74, 6) is -1.22. The number of hydrogen-bond donors (Lipinski definition) is 2. The van der Waals surface area contributed by atoms with E-state index in [0.29, 0.717) is 5.02 Å². The maximum absolute atomic E-state index is 12.1. The molecule has 0 atom stereocenters. The fourth-order valence-electron chi connectivity index (χ4n) is 2.03. The van der Waals surface area contributed by atoms with Gasteiger partial charge in [0, 0.05) is 12.1 Å². The molecule has 2 rings (SSSR count). The topological polar surface area (TPSA) is 92.3 Å². The number of nitrogens with one attached hydrogen (secondary N) is 2. The van der Waals surface area contributed by atoms with Gasteiger partial charge in [-0.1, -0.05) is 41.4 Å². The van der Waals surface area contributed by atoms with Gasteiger partial charge in [-0.25, -0.2) is 8.42 Å². The molecule has 2 amide bonds. The third-order valence-corrected chi connectivity index (χ3v) is 5.86. The number of halogens is 2. The minimum absolute atomic E-state index is 0.0568. The van der Waals surface area contributed by atoms with Crippen LogP contribution in [0, 0.1) is 0 Å². The van der Waals surface area contributed by atoms with Gasteiger partial charge in [-0.2, -0.15) is 0 Å². The van der Waals surface area contributed by atoms with Crippen molar-refractivity contribution in [3.8, 4) is 0 Å². The first-order chi connectivity index (χ1) is 12.3. The van der Waals surface area contributed by atoms with Gasteiger partial charge in [-0.3, -0.25) is 9.59 Å². The van der Waals surface area contributed by atoms with E-state index in [2.05, 4.69) is 10.6 Å². The van der Waals surface area contributed by atoms with Crippen LogP contribution in [0.5, 0.6) is 0 Å². The zero-order valence-electron chi connectivity index (χ0n) is 13.5. The van der Waals surface area contributed by atoms with Gasteiger partial charge in [0.05, 0.1) is 27.2 Å². The highest BCUT2D eigenvalue weighted by Gasteiger charge is 2.14. The summed E-state index contributed by atoms with van der Waals surface area (Å²) < 4.78 is 24.2. The van der Waals surface area contributed by atoms with Crippen molar-refractivity contribution in [3.05, 3.63) is 64.1 Å². The van der Waals surface area contributed by atoms with Gasteiger partial charge in [0.25, 0.3) is 5.91 Å². The molecule has 0 fully saturated rings. The predicted octanol–water partition coefficient (Wildman–Crippen LogP) is 2.31. The lowest BCUT2D eigenvalue weighted by molar-refractivity contribution is -0.120. The van der Waals surface area contributed by atoms with E-state index in [0.717, 1.165) is 0 Å². The molecule has 0 aliphatic carbocycles. The van der Waals surface area contributed by atoms with Crippen molar-refractivity contribution >= 4 is 44.9 Å². The molecule has 0 heterocycles. The molecule has 9 heteroatoms. The van der Waals surface area contributed by atoms with E-state index in [-0.39, 0.29) is 34.3 Å². The van der Waals surface area contributed by atoms with Gasteiger partial charge in [0.15, 0.2) is 9.84 Å². The van der Waals surface area contributed by atoms with Gasteiger partial charge >= 0.3 is 0 Å². The molecule has 0 saturated heterocycles. The van der Waals surface area contributed by atoms with Crippen molar-refractivity contribution in [2.75, 3.05) is 18.8 Å². The second kappa shape index (κ2) is 9.02. The second-order valence-corrected chi connectivity index (χ2v) is 8.22. The van der Waals surface area contributed by atoms with Crippen molar-refractivity contribution in [2.24, 2.45) is 0 Å². The van der Waals surface area contributed by atoms with Gasteiger partial charge < -0.3 is 10.6 Å². The van der Waals surface area contributed by atoms with E-state index in [9.17, 15) is 18.0 Å². The van der Waals surface area contributed by atoms with Crippen LogP contribution in [0.3, 0.4) is 0 Å². The molecule has 0 spiro atoms. The fourth-order valence-corrected chi connectivity index (χ4v) is 3.51. The predicted molar refractivity (Wildman–Crippen MR) is 100 cm³/mol. The van der Waals surface area contributed by atoms with Gasteiger partial charge in [-0.15, -0.1) is 0 Å². The number of carbonyl (C=O) groups excluding carboxylic acids is 2. The average molecular weight is 415 g/mol. The number of carbonyl (C=O) groups is 2. The number of hydrogen-bond acceptors (Lipinski definition) is 4. The third-order valence-electron chi connectivity index (χ3n) is 3.39. The van der Waals surface area contributed by atoms with Crippen LogP contribution >= 0.6 is 23.2 Å². The Bertz CT molecular complexity index is 902. The van der Waals surface area contributed by atoms with Crippen molar-refractivity contribution < 1.29 is 18.0 Å². The van der Waals surface area contributed by atoms with Gasteiger partial charge in [0.1, 0.15) is 0 Å².